The van der Waals surface area contributed by atoms with Gasteiger partial charge in [-0.25, -0.2) is 4.98 Å². The van der Waals surface area contributed by atoms with Gasteiger partial charge in [0.25, 0.3) is 0 Å². The summed E-state index contributed by atoms with van der Waals surface area (Å²) >= 11 is 1.97. The van der Waals surface area contributed by atoms with Crippen LogP contribution in [0.1, 0.15) is 39.1 Å². The molecule has 16 heavy (non-hydrogen) atoms. The molecule has 1 aromatic heterocycles. The summed E-state index contributed by atoms with van der Waals surface area (Å²) in [4.78, 5) is 4.49. The third kappa shape index (κ3) is 3.83. The van der Waals surface area contributed by atoms with Crippen LogP contribution >= 0.6 is 11.8 Å². The SMILES string of the molecule is CCCn1ccnc1C(CSCC)NCC. The van der Waals surface area contributed by atoms with Gasteiger partial charge in [0.05, 0.1) is 6.04 Å². The van der Waals surface area contributed by atoms with Gasteiger partial charge in [0.1, 0.15) is 5.82 Å². The number of hydrogen-bond donors (Lipinski definition) is 1. The predicted octanol–water partition coefficient (Wildman–Crippen LogP) is 2.70. The fourth-order valence-electron chi connectivity index (χ4n) is 1.77. The molecule has 1 rings (SSSR count). The zero-order chi connectivity index (χ0) is 11.8. The van der Waals surface area contributed by atoms with Crippen LogP contribution in [0.3, 0.4) is 0 Å². The Morgan fingerprint density at radius 3 is 2.88 bits per heavy atom. The summed E-state index contributed by atoms with van der Waals surface area (Å²) in [6.45, 7) is 8.61. The fraction of sp³-hybridized carbons (Fsp3) is 0.750. The zero-order valence-corrected chi connectivity index (χ0v) is 11.4. The standard InChI is InChI=1S/C12H23N3S/c1-4-8-15-9-7-14-12(15)11(13-5-2)10-16-6-3/h7,9,11,13H,4-6,8,10H2,1-3H3. The van der Waals surface area contributed by atoms with Crippen LogP contribution in [0, 0.1) is 0 Å². The van der Waals surface area contributed by atoms with Crippen molar-refractivity contribution in [3.8, 4) is 0 Å². The topological polar surface area (TPSA) is 29.9 Å². The molecule has 1 aromatic rings. The van der Waals surface area contributed by atoms with Gasteiger partial charge in [-0.05, 0) is 18.7 Å². The molecule has 92 valence electrons. The number of rotatable bonds is 8. The molecule has 1 N–H and O–H groups in total. The lowest BCUT2D eigenvalue weighted by atomic mass is 10.3. The summed E-state index contributed by atoms with van der Waals surface area (Å²) in [5.74, 6) is 3.45. The third-order valence-electron chi connectivity index (χ3n) is 2.46. The first-order chi connectivity index (χ1) is 7.83. The van der Waals surface area contributed by atoms with E-state index in [4.69, 9.17) is 0 Å². The molecule has 0 aromatic carbocycles. The van der Waals surface area contributed by atoms with Crippen LogP contribution in [0.5, 0.6) is 0 Å². The van der Waals surface area contributed by atoms with Gasteiger partial charge in [0, 0.05) is 24.7 Å². The molecule has 0 saturated carbocycles. The Hall–Kier alpha value is -0.480. The minimum absolute atomic E-state index is 0.386. The Labute approximate surface area is 103 Å². The number of thioether (sulfide) groups is 1. The first-order valence-corrected chi connectivity index (χ1v) is 7.31. The van der Waals surface area contributed by atoms with Crippen LogP contribution in [0.4, 0.5) is 0 Å². The van der Waals surface area contributed by atoms with E-state index in [1.54, 1.807) is 0 Å². The molecule has 1 atom stereocenters. The van der Waals surface area contributed by atoms with Gasteiger partial charge >= 0.3 is 0 Å². The van der Waals surface area contributed by atoms with Crippen molar-refractivity contribution in [3.63, 3.8) is 0 Å². The summed E-state index contributed by atoms with van der Waals surface area (Å²) in [5, 5.41) is 3.51. The van der Waals surface area contributed by atoms with Gasteiger partial charge < -0.3 is 9.88 Å². The molecule has 1 unspecified atom stereocenters. The molecule has 0 saturated heterocycles. The minimum Gasteiger partial charge on any atom is -0.334 e. The molecule has 0 radical (unpaired) electrons. The van der Waals surface area contributed by atoms with Gasteiger partial charge in [0.15, 0.2) is 0 Å². The van der Waals surface area contributed by atoms with Crippen molar-refractivity contribution < 1.29 is 0 Å². The maximum atomic E-state index is 4.49. The van der Waals surface area contributed by atoms with Crippen LogP contribution in [0.15, 0.2) is 12.4 Å². The average Bonchev–Trinajstić information content (AvgIpc) is 2.73. The Morgan fingerprint density at radius 2 is 2.25 bits per heavy atom. The Balaban J connectivity index is 2.70. The summed E-state index contributed by atoms with van der Waals surface area (Å²) in [6, 6.07) is 0.386. The van der Waals surface area contributed by atoms with E-state index in [0.717, 1.165) is 31.0 Å². The maximum Gasteiger partial charge on any atom is 0.126 e. The second-order valence-corrected chi connectivity index (χ2v) is 5.07. The first kappa shape index (κ1) is 13.6. The lowest BCUT2D eigenvalue weighted by Crippen LogP contribution is -2.26. The molecule has 3 nitrogen and oxygen atoms in total. The van der Waals surface area contributed by atoms with Crippen LogP contribution in [0.2, 0.25) is 0 Å². The second kappa shape index (κ2) is 7.74. The molecule has 0 fully saturated rings. The number of hydrogen-bond acceptors (Lipinski definition) is 3. The van der Waals surface area contributed by atoms with Gasteiger partial charge in [-0.2, -0.15) is 11.8 Å². The van der Waals surface area contributed by atoms with Crippen molar-refractivity contribution in [2.45, 2.75) is 39.8 Å². The van der Waals surface area contributed by atoms with Crippen molar-refractivity contribution in [1.82, 2.24) is 14.9 Å². The maximum absolute atomic E-state index is 4.49. The lowest BCUT2D eigenvalue weighted by Gasteiger charge is -2.18. The van der Waals surface area contributed by atoms with E-state index in [0.29, 0.717) is 6.04 Å². The molecule has 0 spiro atoms. The van der Waals surface area contributed by atoms with E-state index in [1.807, 2.05) is 18.0 Å². The molecule has 0 aliphatic rings. The highest BCUT2D eigenvalue weighted by Gasteiger charge is 2.15. The van der Waals surface area contributed by atoms with E-state index in [-0.39, 0.29) is 0 Å². The number of aromatic nitrogens is 2. The number of aryl methyl sites for hydroxylation is 1. The lowest BCUT2D eigenvalue weighted by molar-refractivity contribution is 0.527. The number of nitrogens with zero attached hydrogens (tertiary/aromatic N) is 2. The number of nitrogens with one attached hydrogen (secondary N) is 1. The van der Waals surface area contributed by atoms with E-state index in [9.17, 15) is 0 Å². The summed E-state index contributed by atoms with van der Waals surface area (Å²) < 4.78 is 2.27. The Morgan fingerprint density at radius 1 is 1.44 bits per heavy atom. The zero-order valence-electron chi connectivity index (χ0n) is 10.6. The van der Waals surface area contributed by atoms with E-state index >= 15 is 0 Å². The molecule has 0 aliphatic heterocycles. The Bertz CT molecular complexity index is 286. The summed E-state index contributed by atoms with van der Waals surface area (Å²) in [6.07, 6.45) is 5.15. The minimum atomic E-state index is 0.386. The monoisotopic (exact) mass is 241 g/mol. The highest BCUT2D eigenvalue weighted by Crippen LogP contribution is 2.17. The molecule has 0 amide bonds. The highest BCUT2D eigenvalue weighted by molar-refractivity contribution is 7.99. The summed E-state index contributed by atoms with van der Waals surface area (Å²) in [5.41, 5.74) is 0. The van der Waals surface area contributed by atoms with E-state index < -0.39 is 0 Å². The van der Waals surface area contributed by atoms with Crippen molar-refractivity contribution in [2.24, 2.45) is 0 Å². The van der Waals surface area contributed by atoms with Crippen LogP contribution < -0.4 is 5.32 Å². The fourth-order valence-corrected chi connectivity index (χ4v) is 2.51. The molecule has 0 bridgehead atoms. The van der Waals surface area contributed by atoms with Crippen molar-refractivity contribution in [2.75, 3.05) is 18.1 Å². The van der Waals surface area contributed by atoms with Gasteiger partial charge in [-0.1, -0.05) is 20.8 Å². The van der Waals surface area contributed by atoms with Crippen molar-refractivity contribution in [1.29, 1.82) is 0 Å². The second-order valence-electron chi connectivity index (χ2n) is 3.75. The Kier molecular flexibility index (Phi) is 6.57. The van der Waals surface area contributed by atoms with Crippen LogP contribution in [-0.2, 0) is 6.54 Å². The van der Waals surface area contributed by atoms with Crippen LogP contribution in [0.25, 0.3) is 0 Å². The third-order valence-corrected chi connectivity index (χ3v) is 3.44. The van der Waals surface area contributed by atoms with Crippen molar-refractivity contribution >= 4 is 11.8 Å². The first-order valence-electron chi connectivity index (χ1n) is 6.15. The quantitative estimate of drug-likeness (QED) is 0.759. The highest BCUT2D eigenvalue weighted by atomic mass is 32.2. The van der Waals surface area contributed by atoms with Crippen molar-refractivity contribution in [3.05, 3.63) is 18.2 Å². The average molecular weight is 241 g/mol. The normalized spacial score (nSPS) is 12.9. The number of imidazole rings is 1. The van der Waals surface area contributed by atoms with E-state index in [1.165, 1.54) is 5.82 Å². The molecular formula is C12H23N3S. The van der Waals surface area contributed by atoms with Crippen LogP contribution in [-0.4, -0.2) is 27.6 Å². The predicted molar refractivity (Wildman–Crippen MR) is 71.9 cm³/mol. The molecule has 0 aliphatic carbocycles. The molecule has 1 heterocycles. The van der Waals surface area contributed by atoms with E-state index in [2.05, 4.69) is 41.8 Å². The summed E-state index contributed by atoms with van der Waals surface area (Å²) in [7, 11) is 0. The van der Waals surface area contributed by atoms with Gasteiger partial charge in [-0.3, -0.25) is 0 Å². The molecular weight excluding hydrogens is 218 g/mol. The van der Waals surface area contributed by atoms with Gasteiger partial charge in [-0.15, -0.1) is 0 Å². The molecule has 4 heteroatoms. The smallest absolute Gasteiger partial charge is 0.126 e. The largest absolute Gasteiger partial charge is 0.334 e. The van der Waals surface area contributed by atoms with Gasteiger partial charge in [0.2, 0.25) is 0 Å².